The molecule has 0 bridgehead atoms. The molecule has 4 nitrogen and oxygen atoms in total. The van der Waals surface area contributed by atoms with Gasteiger partial charge in [-0.3, -0.25) is 9.59 Å². The van der Waals surface area contributed by atoms with Crippen molar-refractivity contribution < 1.29 is 18.4 Å². The summed E-state index contributed by atoms with van der Waals surface area (Å²) in [6, 6.07) is 3.46. The Balaban J connectivity index is 1.94. The molecule has 0 aliphatic heterocycles. The molecule has 0 heterocycles. The summed E-state index contributed by atoms with van der Waals surface area (Å²) in [5.74, 6) is -2.72. The van der Waals surface area contributed by atoms with Gasteiger partial charge in [-0.25, -0.2) is 8.78 Å². The van der Waals surface area contributed by atoms with Crippen molar-refractivity contribution in [1.82, 2.24) is 5.32 Å². The number of rotatable bonds is 5. The van der Waals surface area contributed by atoms with E-state index in [9.17, 15) is 18.4 Å². The highest BCUT2D eigenvalue weighted by atomic mass is 32.2. The van der Waals surface area contributed by atoms with E-state index in [0.717, 1.165) is 43.2 Å². The second-order valence-corrected chi connectivity index (χ2v) is 6.47. The molecular weight excluding hydrogens is 310 g/mol. The van der Waals surface area contributed by atoms with Gasteiger partial charge < -0.3 is 11.1 Å². The van der Waals surface area contributed by atoms with Crippen LogP contribution >= 0.6 is 11.8 Å². The van der Waals surface area contributed by atoms with E-state index in [4.69, 9.17) is 5.73 Å². The van der Waals surface area contributed by atoms with Crippen LogP contribution < -0.4 is 11.1 Å². The van der Waals surface area contributed by atoms with E-state index < -0.39 is 23.1 Å². The summed E-state index contributed by atoms with van der Waals surface area (Å²) >= 11 is 1.08. The maximum atomic E-state index is 13.1. The second kappa shape index (κ2) is 7.09. The van der Waals surface area contributed by atoms with Crippen LogP contribution in [0.15, 0.2) is 23.1 Å². The molecule has 1 aromatic carbocycles. The van der Waals surface area contributed by atoms with Crippen molar-refractivity contribution in [2.45, 2.75) is 42.5 Å². The molecule has 0 saturated heterocycles. The minimum atomic E-state index is -0.968. The van der Waals surface area contributed by atoms with Crippen molar-refractivity contribution in [2.24, 2.45) is 5.73 Å². The first kappa shape index (κ1) is 16.7. The molecule has 0 unspecified atom stereocenters. The SMILES string of the molecule is NC(=O)C1(NC(=O)CSc2ccc(F)c(F)c2)CCCCC1. The number of nitrogens with one attached hydrogen (secondary N) is 1. The van der Waals surface area contributed by atoms with Crippen LogP contribution in [0.1, 0.15) is 32.1 Å². The monoisotopic (exact) mass is 328 g/mol. The van der Waals surface area contributed by atoms with Gasteiger partial charge in [0.05, 0.1) is 5.75 Å². The maximum Gasteiger partial charge on any atom is 0.243 e. The standard InChI is InChI=1S/C15H18F2N2O2S/c16-11-5-4-10(8-12(11)17)22-9-13(20)19-15(14(18)21)6-2-1-3-7-15/h4-5,8H,1-3,6-7,9H2,(H2,18,21)(H,19,20). The third kappa shape index (κ3) is 3.97. The summed E-state index contributed by atoms with van der Waals surface area (Å²) < 4.78 is 25.9. The largest absolute Gasteiger partial charge is 0.368 e. The van der Waals surface area contributed by atoms with E-state index in [1.807, 2.05) is 0 Å². The third-order valence-electron chi connectivity index (χ3n) is 3.82. The Kier molecular flexibility index (Phi) is 5.39. The molecule has 1 saturated carbocycles. The molecule has 1 aromatic rings. The number of carbonyl (C=O) groups is 2. The van der Waals surface area contributed by atoms with Crippen molar-refractivity contribution in [2.75, 3.05) is 5.75 Å². The van der Waals surface area contributed by atoms with Crippen LogP contribution in [-0.2, 0) is 9.59 Å². The van der Waals surface area contributed by atoms with Gasteiger partial charge in [0.15, 0.2) is 11.6 Å². The Labute approximate surface area is 131 Å². The smallest absolute Gasteiger partial charge is 0.243 e. The third-order valence-corrected chi connectivity index (χ3v) is 4.81. The summed E-state index contributed by atoms with van der Waals surface area (Å²) in [7, 11) is 0. The zero-order valence-corrected chi connectivity index (χ0v) is 12.8. The molecule has 2 rings (SSSR count). The van der Waals surface area contributed by atoms with Crippen molar-refractivity contribution in [1.29, 1.82) is 0 Å². The van der Waals surface area contributed by atoms with Crippen LogP contribution in [0.4, 0.5) is 8.78 Å². The fourth-order valence-electron chi connectivity index (χ4n) is 2.61. The Morgan fingerprint density at radius 3 is 2.45 bits per heavy atom. The Morgan fingerprint density at radius 1 is 1.18 bits per heavy atom. The van der Waals surface area contributed by atoms with Crippen molar-refractivity contribution >= 4 is 23.6 Å². The number of amides is 2. The minimum absolute atomic E-state index is 0.0140. The first-order valence-electron chi connectivity index (χ1n) is 7.12. The lowest BCUT2D eigenvalue weighted by Crippen LogP contribution is -2.58. The normalized spacial score (nSPS) is 17.0. The van der Waals surface area contributed by atoms with Crippen LogP contribution in [0, 0.1) is 11.6 Å². The van der Waals surface area contributed by atoms with Crippen molar-refractivity contribution in [3.05, 3.63) is 29.8 Å². The van der Waals surface area contributed by atoms with Gasteiger partial charge in [-0.05, 0) is 31.0 Å². The first-order valence-corrected chi connectivity index (χ1v) is 8.10. The fraction of sp³-hybridized carbons (Fsp3) is 0.467. The number of nitrogens with two attached hydrogens (primary N) is 1. The van der Waals surface area contributed by atoms with Crippen LogP contribution in [0.3, 0.4) is 0 Å². The molecule has 2 amide bonds. The summed E-state index contributed by atoms with van der Waals surface area (Å²) in [5, 5.41) is 2.73. The molecule has 7 heteroatoms. The molecule has 0 aromatic heterocycles. The lowest BCUT2D eigenvalue weighted by Gasteiger charge is -2.35. The molecule has 22 heavy (non-hydrogen) atoms. The van der Waals surface area contributed by atoms with Crippen LogP contribution in [0.2, 0.25) is 0 Å². The van der Waals surface area contributed by atoms with E-state index >= 15 is 0 Å². The molecular formula is C15H18F2N2O2S. The van der Waals surface area contributed by atoms with Crippen molar-refractivity contribution in [3.8, 4) is 0 Å². The highest BCUT2D eigenvalue weighted by molar-refractivity contribution is 8.00. The molecule has 0 spiro atoms. The second-order valence-electron chi connectivity index (χ2n) is 5.42. The maximum absolute atomic E-state index is 13.1. The first-order chi connectivity index (χ1) is 10.4. The van der Waals surface area contributed by atoms with E-state index in [0.29, 0.717) is 17.7 Å². The van der Waals surface area contributed by atoms with Crippen LogP contribution in [-0.4, -0.2) is 23.1 Å². The van der Waals surface area contributed by atoms with Gasteiger partial charge in [0.2, 0.25) is 11.8 Å². The molecule has 0 atom stereocenters. The Hall–Kier alpha value is -1.63. The zero-order chi connectivity index (χ0) is 16.2. The summed E-state index contributed by atoms with van der Waals surface area (Å²) in [4.78, 5) is 24.2. The number of thioether (sulfide) groups is 1. The lowest BCUT2D eigenvalue weighted by molar-refractivity contribution is -0.131. The van der Waals surface area contributed by atoms with E-state index in [1.165, 1.54) is 6.07 Å². The quantitative estimate of drug-likeness (QED) is 0.815. The number of hydrogen-bond donors (Lipinski definition) is 2. The highest BCUT2D eigenvalue weighted by Gasteiger charge is 2.38. The molecule has 0 radical (unpaired) electrons. The molecule has 1 aliphatic rings. The van der Waals surface area contributed by atoms with Crippen molar-refractivity contribution in [3.63, 3.8) is 0 Å². The fourth-order valence-corrected chi connectivity index (χ4v) is 3.33. The number of halogens is 2. The topological polar surface area (TPSA) is 72.2 Å². The average molecular weight is 328 g/mol. The van der Waals surface area contributed by atoms with E-state index in [2.05, 4.69) is 5.32 Å². The van der Waals surface area contributed by atoms with Crippen LogP contribution in [0.25, 0.3) is 0 Å². The zero-order valence-electron chi connectivity index (χ0n) is 12.0. The minimum Gasteiger partial charge on any atom is -0.368 e. The lowest BCUT2D eigenvalue weighted by atomic mass is 9.81. The van der Waals surface area contributed by atoms with E-state index in [-0.39, 0.29) is 11.7 Å². The van der Waals surface area contributed by atoms with Gasteiger partial charge in [-0.1, -0.05) is 19.3 Å². The van der Waals surface area contributed by atoms with Gasteiger partial charge in [0, 0.05) is 4.90 Å². The average Bonchev–Trinajstić information content (AvgIpc) is 2.49. The van der Waals surface area contributed by atoms with Gasteiger partial charge >= 0.3 is 0 Å². The summed E-state index contributed by atoms with van der Waals surface area (Å²) in [6.07, 6.45) is 3.81. The molecule has 1 fully saturated rings. The van der Waals surface area contributed by atoms with Gasteiger partial charge in [0.25, 0.3) is 0 Å². The number of carbonyl (C=O) groups excluding carboxylic acids is 2. The number of benzene rings is 1. The number of hydrogen-bond acceptors (Lipinski definition) is 3. The Morgan fingerprint density at radius 2 is 1.86 bits per heavy atom. The predicted octanol–water partition coefficient (Wildman–Crippen LogP) is 2.36. The van der Waals surface area contributed by atoms with Gasteiger partial charge in [-0.15, -0.1) is 11.8 Å². The molecule has 3 N–H and O–H groups in total. The highest BCUT2D eigenvalue weighted by Crippen LogP contribution is 2.28. The predicted molar refractivity (Wildman–Crippen MR) is 80.2 cm³/mol. The number of primary amides is 1. The van der Waals surface area contributed by atoms with Gasteiger partial charge in [0.1, 0.15) is 5.54 Å². The molecule has 120 valence electrons. The Bertz CT molecular complexity index is 575. The van der Waals surface area contributed by atoms with Crippen LogP contribution in [0.5, 0.6) is 0 Å². The van der Waals surface area contributed by atoms with Gasteiger partial charge in [-0.2, -0.15) is 0 Å². The summed E-state index contributed by atoms with van der Waals surface area (Å²) in [6.45, 7) is 0. The van der Waals surface area contributed by atoms with E-state index in [1.54, 1.807) is 0 Å². The summed E-state index contributed by atoms with van der Waals surface area (Å²) in [5.41, 5.74) is 4.47. The molecule has 1 aliphatic carbocycles.